The summed E-state index contributed by atoms with van der Waals surface area (Å²) in [6.45, 7) is 4.48. The molecule has 1 atom stereocenters. The van der Waals surface area contributed by atoms with E-state index in [4.69, 9.17) is 4.74 Å². The number of carbonyl (C=O) groups excluding carboxylic acids is 2. The zero-order valence-electron chi connectivity index (χ0n) is 17.2. The fourth-order valence-electron chi connectivity index (χ4n) is 4.16. The average Bonchev–Trinajstić information content (AvgIpc) is 3.53. The number of alkyl halides is 2. The van der Waals surface area contributed by atoms with Gasteiger partial charge in [0.25, 0.3) is 6.43 Å². The van der Waals surface area contributed by atoms with Crippen molar-refractivity contribution in [2.45, 2.75) is 58.4 Å². The number of piperidine rings is 1. The van der Waals surface area contributed by atoms with Gasteiger partial charge in [0.05, 0.1) is 23.6 Å². The number of rotatable bonds is 6. The predicted octanol–water partition coefficient (Wildman–Crippen LogP) is 3.36. The van der Waals surface area contributed by atoms with E-state index in [9.17, 15) is 18.4 Å². The molecule has 0 bridgehead atoms. The highest BCUT2D eigenvalue weighted by atomic mass is 19.3. The largest absolute Gasteiger partial charge is 0.466 e. The van der Waals surface area contributed by atoms with Crippen LogP contribution in [0.4, 0.5) is 8.78 Å². The van der Waals surface area contributed by atoms with Gasteiger partial charge < -0.3 is 9.64 Å². The minimum atomic E-state index is -2.63. The van der Waals surface area contributed by atoms with Crippen LogP contribution in [0.25, 0.3) is 11.0 Å². The molecule has 0 N–H and O–H groups in total. The van der Waals surface area contributed by atoms with Crippen LogP contribution in [0, 0.1) is 12.8 Å². The summed E-state index contributed by atoms with van der Waals surface area (Å²) in [5, 5.41) is 4.68. The summed E-state index contributed by atoms with van der Waals surface area (Å²) in [6, 6.07) is 1.49. The van der Waals surface area contributed by atoms with Crippen molar-refractivity contribution in [3.8, 4) is 0 Å². The highest BCUT2D eigenvalue weighted by Crippen LogP contribution is 2.41. The smallest absolute Gasteiger partial charge is 0.310 e. The minimum absolute atomic E-state index is 0.0709. The Morgan fingerprint density at radius 3 is 2.73 bits per heavy atom. The number of carbonyl (C=O) groups is 2. The first-order valence-electron chi connectivity index (χ1n) is 10.5. The normalized spacial score (nSPS) is 19.5. The number of aryl methyl sites for hydroxylation is 1. The fraction of sp³-hybridized carbons (Fsp3) is 0.619. The second-order valence-corrected chi connectivity index (χ2v) is 8.08. The Morgan fingerprint density at radius 1 is 1.30 bits per heavy atom. The van der Waals surface area contributed by atoms with Gasteiger partial charge in [-0.1, -0.05) is 0 Å². The maximum Gasteiger partial charge on any atom is 0.310 e. The molecular weight excluding hydrogens is 394 g/mol. The van der Waals surface area contributed by atoms with Gasteiger partial charge in [-0.05, 0) is 45.6 Å². The van der Waals surface area contributed by atoms with E-state index in [0.717, 1.165) is 12.8 Å². The van der Waals surface area contributed by atoms with Crippen molar-refractivity contribution in [2.75, 3.05) is 19.7 Å². The minimum Gasteiger partial charge on any atom is -0.466 e. The summed E-state index contributed by atoms with van der Waals surface area (Å²) < 4.78 is 33.9. The molecule has 1 amide bonds. The number of hydrogen-bond acceptors (Lipinski definition) is 5. The number of nitrogens with zero attached hydrogens (tertiary/aromatic N) is 4. The summed E-state index contributed by atoms with van der Waals surface area (Å²) in [5.74, 6) is -0.610. The van der Waals surface area contributed by atoms with Crippen LogP contribution in [-0.4, -0.2) is 51.2 Å². The van der Waals surface area contributed by atoms with Gasteiger partial charge in [0.1, 0.15) is 6.54 Å². The molecule has 1 saturated heterocycles. The number of halogens is 2. The molecule has 162 valence electrons. The van der Waals surface area contributed by atoms with Crippen molar-refractivity contribution < 1.29 is 23.1 Å². The quantitative estimate of drug-likeness (QED) is 0.670. The van der Waals surface area contributed by atoms with Gasteiger partial charge in [0.2, 0.25) is 5.91 Å². The molecule has 3 heterocycles. The van der Waals surface area contributed by atoms with Gasteiger partial charge in [-0.2, -0.15) is 5.10 Å². The SMILES string of the molecule is CCOC(=O)C1CCCN(C(=O)Cn2nc(C)c3c(C(F)F)cc(C4CC4)nc32)C1. The van der Waals surface area contributed by atoms with Crippen LogP contribution in [0.2, 0.25) is 0 Å². The van der Waals surface area contributed by atoms with Gasteiger partial charge in [0, 0.05) is 30.3 Å². The zero-order valence-corrected chi connectivity index (χ0v) is 17.2. The molecule has 1 unspecified atom stereocenters. The molecule has 30 heavy (non-hydrogen) atoms. The number of esters is 1. The number of likely N-dealkylation sites (tertiary alicyclic amines) is 1. The molecule has 1 saturated carbocycles. The van der Waals surface area contributed by atoms with Crippen LogP contribution in [0.3, 0.4) is 0 Å². The van der Waals surface area contributed by atoms with Crippen LogP contribution in [0.5, 0.6) is 0 Å². The molecule has 2 aromatic rings. The Balaban J connectivity index is 1.59. The van der Waals surface area contributed by atoms with E-state index in [1.165, 1.54) is 10.7 Å². The van der Waals surface area contributed by atoms with Crippen LogP contribution < -0.4 is 0 Å². The lowest BCUT2D eigenvalue weighted by Crippen LogP contribution is -2.44. The summed E-state index contributed by atoms with van der Waals surface area (Å²) in [5.41, 5.74) is 1.34. The Kier molecular flexibility index (Phi) is 5.71. The highest BCUT2D eigenvalue weighted by molar-refractivity contribution is 5.85. The zero-order chi connectivity index (χ0) is 21.4. The average molecular weight is 420 g/mol. The van der Waals surface area contributed by atoms with Crippen LogP contribution >= 0.6 is 0 Å². The van der Waals surface area contributed by atoms with Crippen molar-refractivity contribution in [1.29, 1.82) is 0 Å². The van der Waals surface area contributed by atoms with E-state index >= 15 is 0 Å². The van der Waals surface area contributed by atoms with Gasteiger partial charge in [-0.25, -0.2) is 18.4 Å². The summed E-state index contributed by atoms with van der Waals surface area (Å²) in [7, 11) is 0. The maximum absolute atomic E-state index is 13.7. The van der Waals surface area contributed by atoms with Crippen molar-refractivity contribution in [3.05, 3.63) is 23.0 Å². The van der Waals surface area contributed by atoms with Gasteiger partial charge in [0.15, 0.2) is 5.65 Å². The van der Waals surface area contributed by atoms with Gasteiger partial charge in [-0.15, -0.1) is 0 Å². The number of amides is 1. The van der Waals surface area contributed by atoms with Gasteiger partial charge in [-0.3, -0.25) is 9.59 Å². The molecule has 0 aromatic carbocycles. The first-order valence-corrected chi connectivity index (χ1v) is 10.5. The summed E-state index contributed by atoms with van der Waals surface area (Å²) in [4.78, 5) is 31.2. The molecular formula is C21H26F2N4O3. The standard InChI is InChI=1S/C21H26F2N4O3/c1-3-30-21(29)14-5-4-8-26(10-14)17(28)11-27-20-18(12(2)25-27)15(19(22)23)9-16(24-20)13-6-7-13/h9,13-14,19H,3-8,10-11H2,1-2H3. The van der Waals surface area contributed by atoms with Gasteiger partial charge >= 0.3 is 5.97 Å². The summed E-state index contributed by atoms with van der Waals surface area (Å²) in [6.07, 6.45) is 0.656. The molecule has 9 heteroatoms. The van der Waals surface area contributed by atoms with E-state index in [-0.39, 0.29) is 35.8 Å². The van der Waals surface area contributed by atoms with Crippen molar-refractivity contribution in [2.24, 2.45) is 5.92 Å². The summed E-state index contributed by atoms with van der Waals surface area (Å²) >= 11 is 0. The molecule has 7 nitrogen and oxygen atoms in total. The number of hydrogen-bond donors (Lipinski definition) is 0. The lowest BCUT2D eigenvalue weighted by molar-refractivity contribution is -0.151. The molecule has 1 aliphatic heterocycles. The van der Waals surface area contributed by atoms with Crippen LogP contribution in [-0.2, 0) is 20.9 Å². The van der Waals surface area contributed by atoms with Crippen molar-refractivity contribution >= 4 is 22.9 Å². The van der Waals surface area contributed by atoms with Crippen LogP contribution in [0.1, 0.15) is 61.9 Å². The van der Waals surface area contributed by atoms with E-state index in [0.29, 0.717) is 55.0 Å². The maximum atomic E-state index is 13.7. The van der Waals surface area contributed by atoms with Crippen molar-refractivity contribution in [1.82, 2.24) is 19.7 Å². The Labute approximate surface area is 173 Å². The first kappa shape index (κ1) is 20.7. The van der Waals surface area contributed by atoms with Crippen molar-refractivity contribution in [3.63, 3.8) is 0 Å². The predicted molar refractivity (Wildman–Crippen MR) is 105 cm³/mol. The van der Waals surface area contributed by atoms with E-state index in [2.05, 4.69) is 10.1 Å². The Hall–Kier alpha value is -2.58. The fourth-order valence-corrected chi connectivity index (χ4v) is 4.16. The Morgan fingerprint density at radius 2 is 2.07 bits per heavy atom. The molecule has 2 aliphatic rings. The second kappa shape index (κ2) is 8.28. The lowest BCUT2D eigenvalue weighted by atomic mass is 9.98. The highest BCUT2D eigenvalue weighted by Gasteiger charge is 2.31. The first-order chi connectivity index (χ1) is 14.4. The Bertz CT molecular complexity index is 971. The monoisotopic (exact) mass is 420 g/mol. The third-order valence-corrected chi connectivity index (χ3v) is 5.84. The number of fused-ring (bicyclic) bond motifs is 1. The topological polar surface area (TPSA) is 77.3 Å². The third kappa shape index (κ3) is 4.02. The van der Waals surface area contributed by atoms with Crippen LogP contribution in [0.15, 0.2) is 6.07 Å². The number of pyridine rings is 1. The number of aromatic nitrogens is 3. The molecule has 2 aromatic heterocycles. The number of ether oxygens (including phenoxy) is 1. The molecule has 0 radical (unpaired) electrons. The molecule has 1 aliphatic carbocycles. The third-order valence-electron chi connectivity index (χ3n) is 5.84. The molecule has 4 rings (SSSR count). The van der Waals surface area contributed by atoms with E-state index in [1.807, 2.05) is 0 Å². The lowest BCUT2D eigenvalue weighted by Gasteiger charge is -2.31. The molecule has 0 spiro atoms. The molecule has 2 fully saturated rings. The van der Waals surface area contributed by atoms with E-state index < -0.39 is 6.43 Å². The van der Waals surface area contributed by atoms with E-state index in [1.54, 1.807) is 18.7 Å². The second-order valence-electron chi connectivity index (χ2n) is 8.08.